The first-order valence-corrected chi connectivity index (χ1v) is 6.66. The van der Waals surface area contributed by atoms with E-state index < -0.39 is 0 Å². The highest BCUT2D eigenvalue weighted by atomic mass is 16.5. The van der Waals surface area contributed by atoms with E-state index in [1.807, 2.05) is 31.2 Å². The molecule has 0 atom stereocenters. The van der Waals surface area contributed by atoms with Gasteiger partial charge in [0.25, 0.3) is 5.56 Å². The Morgan fingerprint density at radius 1 is 1.21 bits per heavy atom. The van der Waals surface area contributed by atoms with E-state index in [1.54, 1.807) is 0 Å². The van der Waals surface area contributed by atoms with Gasteiger partial charge < -0.3 is 9.72 Å². The van der Waals surface area contributed by atoms with Crippen molar-refractivity contribution in [3.8, 4) is 0 Å². The molecule has 1 fully saturated rings. The summed E-state index contributed by atoms with van der Waals surface area (Å²) in [7, 11) is 0. The first kappa shape index (κ1) is 12.4. The van der Waals surface area contributed by atoms with Gasteiger partial charge in [0, 0.05) is 30.7 Å². The molecular weight excluding hydrogens is 240 g/mol. The molecule has 3 rings (SSSR count). The first-order chi connectivity index (χ1) is 9.25. The Kier molecular flexibility index (Phi) is 3.36. The molecule has 100 valence electrons. The number of aryl methyl sites for hydroxylation is 1. The lowest BCUT2D eigenvalue weighted by Gasteiger charge is -2.27. The van der Waals surface area contributed by atoms with Gasteiger partial charge in [-0.2, -0.15) is 0 Å². The van der Waals surface area contributed by atoms with Crippen molar-refractivity contribution in [1.29, 1.82) is 0 Å². The standard InChI is InChI=1S/C15H18N2O2/c1-11-14(10-17-6-8-19-9-7-17)12-4-2-3-5-13(12)15(18)16-11/h2-5H,6-10H2,1H3,(H,16,18). The summed E-state index contributed by atoms with van der Waals surface area (Å²) in [4.78, 5) is 17.3. The van der Waals surface area contributed by atoms with E-state index in [1.165, 1.54) is 5.56 Å². The summed E-state index contributed by atoms with van der Waals surface area (Å²) in [5.41, 5.74) is 2.19. The molecule has 1 aliphatic heterocycles. The molecule has 0 unspecified atom stereocenters. The largest absolute Gasteiger partial charge is 0.379 e. The highest BCUT2D eigenvalue weighted by Gasteiger charge is 2.15. The molecule has 0 bridgehead atoms. The van der Waals surface area contributed by atoms with E-state index in [9.17, 15) is 4.79 Å². The number of nitrogens with one attached hydrogen (secondary N) is 1. The van der Waals surface area contributed by atoms with E-state index in [2.05, 4.69) is 9.88 Å². The number of ether oxygens (including phenoxy) is 1. The fourth-order valence-corrected chi connectivity index (χ4v) is 2.65. The summed E-state index contributed by atoms with van der Waals surface area (Å²) in [6, 6.07) is 7.82. The van der Waals surface area contributed by atoms with Crippen molar-refractivity contribution >= 4 is 10.8 Å². The van der Waals surface area contributed by atoms with Crippen molar-refractivity contribution in [3.05, 3.63) is 45.9 Å². The van der Waals surface area contributed by atoms with Crippen molar-refractivity contribution in [2.24, 2.45) is 0 Å². The lowest BCUT2D eigenvalue weighted by molar-refractivity contribution is 0.0342. The zero-order valence-electron chi connectivity index (χ0n) is 11.1. The van der Waals surface area contributed by atoms with Crippen molar-refractivity contribution in [2.45, 2.75) is 13.5 Å². The van der Waals surface area contributed by atoms with Crippen LogP contribution in [0.3, 0.4) is 0 Å². The number of hydrogen-bond acceptors (Lipinski definition) is 3. The monoisotopic (exact) mass is 258 g/mol. The highest BCUT2D eigenvalue weighted by Crippen LogP contribution is 2.19. The molecule has 1 aromatic carbocycles. The third kappa shape index (κ3) is 2.41. The second kappa shape index (κ2) is 5.15. The molecular formula is C15H18N2O2. The van der Waals surface area contributed by atoms with Crippen LogP contribution in [0.2, 0.25) is 0 Å². The molecule has 1 saturated heterocycles. The third-order valence-corrected chi connectivity index (χ3v) is 3.74. The van der Waals surface area contributed by atoms with Crippen LogP contribution in [0.1, 0.15) is 11.3 Å². The third-order valence-electron chi connectivity index (χ3n) is 3.74. The van der Waals surface area contributed by atoms with Gasteiger partial charge in [-0.1, -0.05) is 18.2 Å². The SMILES string of the molecule is Cc1[nH]c(=O)c2ccccc2c1CN1CCOCC1. The van der Waals surface area contributed by atoms with Gasteiger partial charge in [0.15, 0.2) is 0 Å². The Balaban J connectivity index is 2.04. The zero-order valence-corrected chi connectivity index (χ0v) is 11.1. The van der Waals surface area contributed by atoms with Crippen LogP contribution in [0, 0.1) is 6.92 Å². The summed E-state index contributed by atoms with van der Waals surface area (Å²) in [5.74, 6) is 0. The van der Waals surface area contributed by atoms with Crippen molar-refractivity contribution in [3.63, 3.8) is 0 Å². The molecule has 0 radical (unpaired) electrons. The molecule has 1 aliphatic rings. The molecule has 0 saturated carbocycles. The average Bonchev–Trinajstić information content (AvgIpc) is 2.45. The van der Waals surface area contributed by atoms with Gasteiger partial charge in [0.1, 0.15) is 0 Å². The number of rotatable bonds is 2. The number of pyridine rings is 1. The van der Waals surface area contributed by atoms with Crippen LogP contribution >= 0.6 is 0 Å². The molecule has 0 aliphatic carbocycles. The minimum absolute atomic E-state index is 0.00109. The Labute approximate surface area is 112 Å². The predicted molar refractivity (Wildman–Crippen MR) is 75.4 cm³/mol. The van der Waals surface area contributed by atoms with Crippen LogP contribution in [0.15, 0.2) is 29.1 Å². The number of nitrogens with zero attached hydrogens (tertiary/aromatic N) is 1. The number of H-pyrrole nitrogens is 1. The highest BCUT2D eigenvalue weighted by molar-refractivity contribution is 5.85. The van der Waals surface area contributed by atoms with E-state index in [-0.39, 0.29) is 5.56 Å². The minimum Gasteiger partial charge on any atom is -0.379 e. The van der Waals surface area contributed by atoms with Crippen LogP contribution in [0.4, 0.5) is 0 Å². The average molecular weight is 258 g/mol. The second-order valence-electron chi connectivity index (χ2n) is 4.99. The van der Waals surface area contributed by atoms with Crippen molar-refractivity contribution in [1.82, 2.24) is 9.88 Å². The minimum atomic E-state index is -0.00109. The molecule has 4 nitrogen and oxygen atoms in total. The van der Waals surface area contributed by atoms with Gasteiger partial charge in [0.2, 0.25) is 0 Å². The van der Waals surface area contributed by atoms with Crippen molar-refractivity contribution < 1.29 is 4.74 Å². The molecule has 0 spiro atoms. The van der Waals surface area contributed by atoms with Crippen LogP contribution in [0.25, 0.3) is 10.8 Å². The molecule has 1 N–H and O–H groups in total. The fraction of sp³-hybridized carbons (Fsp3) is 0.400. The smallest absolute Gasteiger partial charge is 0.256 e. The van der Waals surface area contributed by atoms with Crippen LogP contribution in [-0.2, 0) is 11.3 Å². The Morgan fingerprint density at radius 3 is 2.63 bits per heavy atom. The summed E-state index contributed by atoms with van der Waals surface area (Å²) in [5, 5.41) is 1.84. The maximum atomic E-state index is 12.0. The first-order valence-electron chi connectivity index (χ1n) is 6.66. The number of aromatic amines is 1. The maximum Gasteiger partial charge on any atom is 0.256 e. The molecule has 0 amide bonds. The number of fused-ring (bicyclic) bond motifs is 1. The zero-order chi connectivity index (χ0) is 13.2. The summed E-state index contributed by atoms with van der Waals surface area (Å²) >= 11 is 0. The maximum absolute atomic E-state index is 12.0. The summed E-state index contributed by atoms with van der Waals surface area (Å²) < 4.78 is 5.37. The van der Waals surface area contributed by atoms with Gasteiger partial charge in [-0.05, 0) is 23.9 Å². The quantitative estimate of drug-likeness (QED) is 0.891. The molecule has 1 aromatic heterocycles. The second-order valence-corrected chi connectivity index (χ2v) is 4.99. The molecule has 19 heavy (non-hydrogen) atoms. The van der Waals surface area contributed by atoms with Crippen LogP contribution < -0.4 is 5.56 Å². The van der Waals surface area contributed by atoms with Gasteiger partial charge in [0.05, 0.1) is 13.2 Å². The Morgan fingerprint density at radius 2 is 1.89 bits per heavy atom. The normalized spacial score (nSPS) is 16.9. The number of benzene rings is 1. The fourth-order valence-electron chi connectivity index (χ4n) is 2.65. The van der Waals surface area contributed by atoms with Gasteiger partial charge >= 0.3 is 0 Å². The summed E-state index contributed by atoms with van der Waals surface area (Å²) in [6.45, 7) is 6.33. The molecule has 2 heterocycles. The Bertz CT molecular complexity index is 642. The van der Waals surface area contributed by atoms with Crippen LogP contribution in [-0.4, -0.2) is 36.2 Å². The number of aromatic nitrogens is 1. The number of morpholine rings is 1. The van der Waals surface area contributed by atoms with E-state index in [4.69, 9.17) is 4.74 Å². The summed E-state index contributed by atoms with van der Waals surface area (Å²) in [6.07, 6.45) is 0. The van der Waals surface area contributed by atoms with Crippen molar-refractivity contribution in [2.75, 3.05) is 26.3 Å². The molecule has 2 aromatic rings. The van der Waals surface area contributed by atoms with E-state index in [0.717, 1.165) is 49.3 Å². The molecule has 4 heteroatoms. The van der Waals surface area contributed by atoms with Gasteiger partial charge in [-0.25, -0.2) is 0 Å². The van der Waals surface area contributed by atoms with E-state index in [0.29, 0.717) is 0 Å². The van der Waals surface area contributed by atoms with Crippen LogP contribution in [0.5, 0.6) is 0 Å². The van der Waals surface area contributed by atoms with Gasteiger partial charge in [-0.15, -0.1) is 0 Å². The van der Waals surface area contributed by atoms with Gasteiger partial charge in [-0.3, -0.25) is 9.69 Å². The number of hydrogen-bond donors (Lipinski definition) is 1. The Hall–Kier alpha value is -1.65. The van der Waals surface area contributed by atoms with E-state index >= 15 is 0 Å². The lowest BCUT2D eigenvalue weighted by Crippen LogP contribution is -2.36. The topological polar surface area (TPSA) is 45.3 Å². The lowest BCUT2D eigenvalue weighted by atomic mass is 10.0. The predicted octanol–water partition coefficient (Wildman–Crippen LogP) is 1.67.